The van der Waals surface area contributed by atoms with Crippen LogP contribution in [0.4, 0.5) is 0 Å². The number of para-hydroxylation sites is 1. The number of hydrogen-bond acceptors (Lipinski definition) is 3. The molecule has 2 aromatic heterocycles. The Balaban J connectivity index is 2.24. The Kier molecular flexibility index (Phi) is 2.80. The molecule has 0 atom stereocenters. The molecular weight excluding hydrogens is 252 g/mol. The SMILES string of the molecule is N=C(c1cccnc1)c1[nH]c2ccccc2c1C(N)=O. The van der Waals surface area contributed by atoms with Crippen LogP contribution in [0.1, 0.15) is 21.6 Å². The lowest BCUT2D eigenvalue weighted by Gasteiger charge is -2.03. The smallest absolute Gasteiger partial charge is 0.251 e. The summed E-state index contributed by atoms with van der Waals surface area (Å²) in [6, 6.07) is 10.9. The molecule has 0 bridgehead atoms. The third kappa shape index (κ3) is 1.85. The molecule has 2 heterocycles. The molecule has 3 aromatic rings. The highest BCUT2D eigenvalue weighted by molar-refractivity contribution is 6.20. The molecule has 0 aliphatic carbocycles. The maximum Gasteiger partial charge on any atom is 0.251 e. The quantitative estimate of drug-likeness (QED) is 0.631. The van der Waals surface area contributed by atoms with Crippen LogP contribution in [0.3, 0.4) is 0 Å². The van der Waals surface area contributed by atoms with Gasteiger partial charge in [-0.2, -0.15) is 0 Å². The Morgan fingerprint density at radius 3 is 2.70 bits per heavy atom. The number of nitrogens with zero attached hydrogens (tertiary/aromatic N) is 1. The van der Waals surface area contributed by atoms with Crippen LogP contribution in [0.2, 0.25) is 0 Å². The number of H-pyrrole nitrogens is 1. The van der Waals surface area contributed by atoms with Crippen LogP contribution in [-0.2, 0) is 0 Å². The van der Waals surface area contributed by atoms with Crippen LogP contribution in [-0.4, -0.2) is 21.6 Å². The van der Waals surface area contributed by atoms with Gasteiger partial charge in [-0.3, -0.25) is 15.2 Å². The van der Waals surface area contributed by atoms with Crippen molar-refractivity contribution in [1.29, 1.82) is 5.41 Å². The number of nitrogens with two attached hydrogens (primary N) is 1. The number of hydrogen-bond donors (Lipinski definition) is 3. The molecule has 1 aromatic carbocycles. The highest BCUT2D eigenvalue weighted by Crippen LogP contribution is 2.23. The molecule has 0 saturated carbocycles. The number of fused-ring (bicyclic) bond motifs is 1. The van der Waals surface area contributed by atoms with Crippen molar-refractivity contribution in [2.75, 3.05) is 0 Å². The van der Waals surface area contributed by atoms with E-state index >= 15 is 0 Å². The third-order valence-electron chi connectivity index (χ3n) is 3.15. The minimum Gasteiger partial charge on any atom is -0.366 e. The topological polar surface area (TPSA) is 95.6 Å². The summed E-state index contributed by atoms with van der Waals surface area (Å²) in [6.45, 7) is 0. The predicted octanol–water partition coefficient (Wildman–Crippen LogP) is 2.08. The fraction of sp³-hybridized carbons (Fsp3) is 0. The van der Waals surface area contributed by atoms with E-state index < -0.39 is 5.91 Å². The minimum atomic E-state index is -0.550. The molecule has 20 heavy (non-hydrogen) atoms. The predicted molar refractivity (Wildman–Crippen MR) is 77.0 cm³/mol. The van der Waals surface area contributed by atoms with Gasteiger partial charge < -0.3 is 10.7 Å². The van der Waals surface area contributed by atoms with E-state index in [9.17, 15) is 4.79 Å². The second-order valence-electron chi connectivity index (χ2n) is 4.40. The van der Waals surface area contributed by atoms with Crippen LogP contribution in [0.15, 0.2) is 48.8 Å². The van der Waals surface area contributed by atoms with Gasteiger partial charge in [0.1, 0.15) is 0 Å². The molecule has 3 rings (SSSR count). The highest BCUT2D eigenvalue weighted by atomic mass is 16.1. The number of carbonyl (C=O) groups excluding carboxylic acids is 1. The van der Waals surface area contributed by atoms with Gasteiger partial charge in [0.15, 0.2) is 0 Å². The van der Waals surface area contributed by atoms with E-state index in [0.29, 0.717) is 16.8 Å². The monoisotopic (exact) mass is 264 g/mol. The standard InChI is InChI=1S/C15H12N4O/c16-13(9-4-3-7-18-8-9)14-12(15(17)20)10-5-1-2-6-11(10)19-14/h1-8,16,19H,(H2,17,20). The summed E-state index contributed by atoms with van der Waals surface area (Å²) < 4.78 is 0. The number of aromatic amines is 1. The first-order valence-electron chi connectivity index (χ1n) is 6.08. The lowest BCUT2D eigenvalue weighted by Crippen LogP contribution is -2.16. The molecular formula is C15H12N4O. The molecule has 1 amide bonds. The molecule has 4 N–H and O–H groups in total. The molecule has 0 radical (unpaired) electrons. The van der Waals surface area contributed by atoms with E-state index in [2.05, 4.69) is 9.97 Å². The fourth-order valence-electron chi connectivity index (χ4n) is 2.24. The van der Waals surface area contributed by atoms with Gasteiger partial charge >= 0.3 is 0 Å². The molecule has 5 heteroatoms. The summed E-state index contributed by atoms with van der Waals surface area (Å²) in [6.07, 6.45) is 3.22. The lowest BCUT2D eigenvalue weighted by molar-refractivity contribution is 0.100. The third-order valence-corrected chi connectivity index (χ3v) is 3.15. The van der Waals surface area contributed by atoms with Gasteiger partial charge in [-0.05, 0) is 18.2 Å². The zero-order valence-corrected chi connectivity index (χ0v) is 10.6. The minimum absolute atomic E-state index is 0.197. The van der Waals surface area contributed by atoms with Crippen LogP contribution < -0.4 is 5.73 Å². The maximum atomic E-state index is 11.7. The van der Waals surface area contributed by atoms with Crippen molar-refractivity contribution < 1.29 is 4.79 Å². The summed E-state index contributed by atoms with van der Waals surface area (Å²) in [5, 5.41) is 8.98. The Morgan fingerprint density at radius 2 is 2.00 bits per heavy atom. The normalized spacial score (nSPS) is 10.6. The summed E-state index contributed by atoms with van der Waals surface area (Å²) in [5.74, 6) is -0.550. The Labute approximate surface area is 115 Å². The lowest BCUT2D eigenvalue weighted by atomic mass is 10.0. The number of benzene rings is 1. The van der Waals surface area contributed by atoms with Crippen LogP contribution in [0.25, 0.3) is 10.9 Å². The molecule has 0 unspecified atom stereocenters. The van der Waals surface area contributed by atoms with Crippen molar-refractivity contribution in [3.63, 3.8) is 0 Å². The van der Waals surface area contributed by atoms with Crippen molar-refractivity contribution in [1.82, 2.24) is 9.97 Å². The molecule has 0 fully saturated rings. The molecule has 0 spiro atoms. The van der Waals surface area contributed by atoms with E-state index in [0.717, 1.165) is 10.9 Å². The Hall–Kier alpha value is -2.95. The number of primary amides is 1. The van der Waals surface area contributed by atoms with Gasteiger partial charge in [-0.25, -0.2) is 0 Å². The van der Waals surface area contributed by atoms with Crippen molar-refractivity contribution in [2.24, 2.45) is 5.73 Å². The van der Waals surface area contributed by atoms with E-state index in [4.69, 9.17) is 11.1 Å². The highest BCUT2D eigenvalue weighted by Gasteiger charge is 2.19. The van der Waals surface area contributed by atoms with Gasteiger partial charge in [0.25, 0.3) is 5.91 Å². The molecule has 0 aliphatic heterocycles. The van der Waals surface area contributed by atoms with Crippen molar-refractivity contribution in [2.45, 2.75) is 0 Å². The molecule has 0 saturated heterocycles. The summed E-state index contributed by atoms with van der Waals surface area (Å²) >= 11 is 0. The van der Waals surface area contributed by atoms with Gasteiger partial charge in [0.05, 0.1) is 17.0 Å². The van der Waals surface area contributed by atoms with E-state index in [1.807, 2.05) is 24.3 Å². The van der Waals surface area contributed by atoms with Crippen LogP contribution >= 0.6 is 0 Å². The number of pyridine rings is 1. The largest absolute Gasteiger partial charge is 0.366 e. The second-order valence-corrected chi connectivity index (χ2v) is 4.40. The molecule has 98 valence electrons. The van der Waals surface area contributed by atoms with Crippen molar-refractivity contribution in [3.8, 4) is 0 Å². The first kappa shape index (κ1) is 12.1. The summed E-state index contributed by atoms with van der Waals surface area (Å²) in [4.78, 5) is 18.8. The fourth-order valence-corrected chi connectivity index (χ4v) is 2.24. The van der Waals surface area contributed by atoms with E-state index in [-0.39, 0.29) is 5.71 Å². The zero-order valence-electron chi connectivity index (χ0n) is 10.6. The van der Waals surface area contributed by atoms with E-state index in [1.54, 1.807) is 24.5 Å². The number of aromatic nitrogens is 2. The summed E-state index contributed by atoms with van der Waals surface area (Å²) in [5.41, 5.74) is 7.84. The van der Waals surface area contributed by atoms with Crippen LogP contribution in [0.5, 0.6) is 0 Å². The van der Waals surface area contributed by atoms with E-state index in [1.165, 1.54) is 0 Å². The summed E-state index contributed by atoms with van der Waals surface area (Å²) in [7, 11) is 0. The first-order chi connectivity index (χ1) is 9.68. The molecule has 5 nitrogen and oxygen atoms in total. The average molecular weight is 264 g/mol. The van der Waals surface area contributed by atoms with Crippen LogP contribution in [0, 0.1) is 5.41 Å². The first-order valence-corrected chi connectivity index (χ1v) is 6.08. The number of carbonyl (C=O) groups is 1. The van der Waals surface area contributed by atoms with Gasteiger partial charge in [0.2, 0.25) is 0 Å². The second kappa shape index (κ2) is 4.62. The van der Waals surface area contributed by atoms with Gasteiger partial charge in [0, 0.05) is 28.9 Å². The van der Waals surface area contributed by atoms with Crippen molar-refractivity contribution in [3.05, 3.63) is 65.6 Å². The number of nitrogens with one attached hydrogen (secondary N) is 2. The Bertz CT molecular complexity index is 805. The van der Waals surface area contributed by atoms with Gasteiger partial charge in [-0.15, -0.1) is 0 Å². The van der Waals surface area contributed by atoms with Gasteiger partial charge in [-0.1, -0.05) is 18.2 Å². The number of amides is 1. The maximum absolute atomic E-state index is 11.7. The van der Waals surface area contributed by atoms with Crippen molar-refractivity contribution >= 4 is 22.5 Å². The molecule has 0 aliphatic rings. The Morgan fingerprint density at radius 1 is 1.20 bits per heavy atom. The number of rotatable bonds is 3. The zero-order chi connectivity index (χ0) is 14.1. The average Bonchev–Trinajstić information content (AvgIpc) is 2.86.